The number of nitrogens with one attached hydrogen (secondary N) is 1. The van der Waals surface area contributed by atoms with Crippen LogP contribution >= 0.6 is 15.9 Å². The maximum absolute atomic E-state index is 13.8. The molecule has 0 unspecified atom stereocenters. The predicted octanol–water partition coefficient (Wildman–Crippen LogP) is 4.48. The average molecular weight is 352 g/mol. The normalized spacial score (nSPS) is 14.0. The zero-order valence-electron chi connectivity index (χ0n) is 11.6. The van der Waals surface area contributed by atoms with Gasteiger partial charge in [-0.3, -0.25) is 0 Å². The third-order valence-corrected chi connectivity index (χ3v) is 3.62. The van der Waals surface area contributed by atoms with Gasteiger partial charge in [-0.2, -0.15) is 4.98 Å². The molecule has 0 amide bonds. The second-order valence-corrected chi connectivity index (χ2v) is 5.85. The first-order valence-electron chi connectivity index (χ1n) is 6.91. The molecule has 1 fully saturated rings. The van der Waals surface area contributed by atoms with Crippen LogP contribution in [0.15, 0.2) is 28.7 Å². The molecule has 1 aliphatic carbocycles. The third-order valence-electron chi connectivity index (χ3n) is 3.13. The van der Waals surface area contributed by atoms with Gasteiger partial charge in [-0.15, -0.1) is 0 Å². The summed E-state index contributed by atoms with van der Waals surface area (Å²) in [6, 6.07) is 6.36. The summed E-state index contributed by atoms with van der Waals surface area (Å²) in [6.45, 7) is 2.75. The van der Waals surface area contributed by atoms with E-state index in [-0.39, 0.29) is 5.75 Å². The summed E-state index contributed by atoms with van der Waals surface area (Å²) < 4.78 is 20.1. The fourth-order valence-electron chi connectivity index (χ4n) is 1.96. The standard InChI is InChI=1S/C15H15BrFN3O/c1-2-18-13-8-14(20-15(19-13)9-3-4-9)21-12-6-5-10(16)7-11(12)17/h5-9H,2-4H2,1H3,(H,18,19,20). The second kappa shape index (κ2) is 5.97. The van der Waals surface area contributed by atoms with Gasteiger partial charge in [0.25, 0.3) is 0 Å². The molecule has 1 aliphatic rings. The fraction of sp³-hybridized carbons (Fsp3) is 0.333. The van der Waals surface area contributed by atoms with Crippen molar-refractivity contribution in [3.8, 4) is 11.6 Å². The van der Waals surface area contributed by atoms with Crippen LogP contribution in [0.4, 0.5) is 10.2 Å². The maximum atomic E-state index is 13.8. The van der Waals surface area contributed by atoms with Crippen LogP contribution in [0.1, 0.15) is 31.5 Å². The Balaban J connectivity index is 1.89. The molecule has 0 spiro atoms. The lowest BCUT2D eigenvalue weighted by molar-refractivity contribution is 0.424. The van der Waals surface area contributed by atoms with Gasteiger partial charge in [0, 0.05) is 23.0 Å². The van der Waals surface area contributed by atoms with E-state index in [1.807, 2.05) is 6.92 Å². The van der Waals surface area contributed by atoms with Crippen molar-refractivity contribution >= 4 is 21.7 Å². The summed E-state index contributed by atoms with van der Waals surface area (Å²) in [7, 11) is 0. The summed E-state index contributed by atoms with van der Waals surface area (Å²) in [5, 5.41) is 3.15. The monoisotopic (exact) mass is 351 g/mol. The van der Waals surface area contributed by atoms with Crippen LogP contribution < -0.4 is 10.1 Å². The smallest absolute Gasteiger partial charge is 0.224 e. The molecule has 4 nitrogen and oxygen atoms in total. The van der Waals surface area contributed by atoms with E-state index in [2.05, 4.69) is 31.2 Å². The number of nitrogens with zero attached hydrogens (tertiary/aromatic N) is 2. The molecular formula is C15H15BrFN3O. The van der Waals surface area contributed by atoms with Crippen molar-refractivity contribution in [2.45, 2.75) is 25.7 Å². The molecular weight excluding hydrogens is 337 g/mol. The summed E-state index contributed by atoms with van der Waals surface area (Å²) in [4.78, 5) is 8.84. The Bertz CT molecular complexity index is 661. The molecule has 0 bridgehead atoms. The number of ether oxygens (including phenoxy) is 1. The van der Waals surface area contributed by atoms with Crippen molar-refractivity contribution < 1.29 is 9.13 Å². The van der Waals surface area contributed by atoms with Gasteiger partial charge < -0.3 is 10.1 Å². The van der Waals surface area contributed by atoms with Crippen LogP contribution in [-0.2, 0) is 0 Å². The van der Waals surface area contributed by atoms with Crippen LogP contribution in [0.3, 0.4) is 0 Å². The first-order valence-corrected chi connectivity index (χ1v) is 7.70. The highest BCUT2D eigenvalue weighted by Crippen LogP contribution is 2.39. The first-order chi connectivity index (χ1) is 10.2. The van der Waals surface area contributed by atoms with Crippen molar-refractivity contribution in [2.75, 3.05) is 11.9 Å². The predicted molar refractivity (Wildman–Crippen MR) is 82.3 cm³/mol. The average Bonchev–Trinajstić information content (AvgIpc) is 3.27. The number of halogens is 2. The topological polar surface area (TPSA) is 47.0 Å². The van der Waals surface area contributed by atoms with Gasteiger partial charge in [0.2, 0.25) is 5.88 Å². The van der Waals surface area contributed by atoms with Crippen molar-refractivity contribution in [1.29, 1.82) is 0 Å². The highest BCUT2D eigenvalue weighted by Gasteiger charge is 2.27. The Morgan fingerprint density at radius 3 is 2.81 bits per heavy atom. The Hall–Kier alpha value is -1.69. The Kier molecular flexibility index (Phi) is 4.05. The Morgan fingerprint density at radius 1 is 1.33 bits per heavy atom. The molecule has 110 valence electrons. The zero-order chi connectivity index (χ0) is 14.8. The minimum absolute atomic E-state index is 0.154. The summed E-state index contributed by atoms with van der Waals surface area (Å²) in [5.41, 5.74) is 0. The molecule has 0 atom stereocenters. The van der Waals surface area contributed by atoms with Crippen LogP contribution in [0, 0.1) is 5.82 Å². The van der Waals surface area contributed by atoms with Crippen molar-refractivity contribution in [3.05, 3.63) is 40.4 Å². The number of aromatic nitrogens is 2. The van der Waals surface area contributed by atoms with Crippen LogP contribution in [0.5, 0.6) is 11.6 Å². The Morgan fingerprint density at radius 2 is 2.14 bits per heavy atom. The third kappa shape index (κ3) is 3.50. The van der Waals surface area contributed by atoms with Crippen molar-refractivity contribution in [3.63, 3.8) is 0 Å². The zero-order valence-corrected chi connectivity index (χ0v) is 13.2. The van der Waals surface area contributed by atoms with Gasteiger partial charge in [-0.25, -0.2) is 9.37 Å². The fourth-order valence-corrected chi connectivity index (χ4v) is 2.29. The molecule has 1 heterocycles. The van der Waals surface area contributed by atoms with Gasteiger partial charge in [-0.05, 0) is 38.0 Å². The quantitative estimate of drug-likeness (QED) is 0.862. The highest BCUT2D eigenvalue weighted by molar-refractivity contribution is 9.10. The van der Waals surface area contributed by atoms with E-state index in [1.54, 1.807) is 18.2 Å². The first kappa shape index (κ1) is 14.3. The lowest BCUT2D eigenvalue weighted by Gasteiger charge is -2.10. The molecule has 1 N–H and O–H groups in total. The molecule has 2 aromatic rings. The van der Waals surface area contributed by atoms with E-state index < -0.39 is 5.82 Å². The number of hydrogen-bond donors (Lipinski definition) is 1. The van der Waals surface area contributed by atoms with Gasteiger partial charge in [0.1, 0.15) is 11.6 Å². The van der Waals surface area contributed by atoms with E-state index in [1.165, 1.54) is 6.07 Å². The van der Waals surface area contributed by atoms with E-state index in [4.69, 9.17) is 4.74 Å². The van der Waals surface area contributed by atoms with Crippen LogP contribution in [-0.4, -0.2) is 16.5 Å². The minimum Gasteiger partial charge on any atom is -0.436 e. The molecule has 0 saturated heterocycles. The van der Waals surface area contributed by atoms with Gasteiger partial charge in [-0.1, -0.05) is 15.9 Å². The van der Waals surface area contributed by atoms with Crippen molar-refractivity contribution in [1.82, 2.24) is 9.97 Å². The summed E-state index contributed by atoms with van der Waals surface area (Å²) in [6.07, 6.45) is 2.20. The molecule has 0 radical (unpaired) electrons. The van der Waals surface area contributed by atoms with Crippen molar-refractivity contribution in [2.24, 2.45) is 0 Å². The van der Waals surface area contributed by atoms with E-state index in [0.717, 1.165) is 25.2 Å². The number of hydrogen-bond acceptors (Lipinski definition) is 4. The number of rotatable bonds is 5. The second-order valence-electron chi connectivity index (χ2n) is 4.93. The Labute approximate surface area is 130 Å². The lowest BCUT2D eigenvalue weighted by atomic mass is 10.3. The van der Waals surface area contributed by atoms with Crippen LogP contribution in [0.2, 0.25) is 0 Å². The SMILES string of the molecule is CCNc1cc(Oc2ccc(Br)cc2F)nc(C2CC2)n1. The molecule has 1 aromatic heterocycles. The van der Waals surface area contributed by atoms with Gasteiger partial charge in [0.05, 0.1) is 0 Å². The molecule has 3 rings (SSSR count). The van der Waals surface area contributed by atoms with E-state index >= 15 is 0 Å². The minimum atomic E-state index is -0.430. The maximum Gasteiger partial charge on any atom is 0.224 e. The number of benzene rings is 1. The van der Waals surface area contributed by atoms with E-state index in [9.17, 15) is 4.39 Å². The van der Waals surface area contributed by atoms with Gasteiger partial charge in [0.15, 0.2) is 11.6 Å². The highest BCUT2D eigenvalue weighted by atomic mass is 79.9. The number of anilines is 1. The molecule has 21 heavy (non-hydrogen) atoms. The van der Waals surface area contributed by atoms with Crippen LogP contribution in [0.25, 0.3) is 0 Å². The molecule has 0 aliphatic heterocycles. The molecule has 1 aromatic carbocycles. The molecule has 6 heteroatoms. The van der Waals surface area contributed by atoms with E-state index in [0.29, 0.717) is 22.1 Å². The lowest BCUT2D eigenvalue weighted by Crippen LogP contribution is -2.04. The molecule has 1 saturated carbocycles. The summed E-state index contributed by atoms with van der Waals surface area (Å²) >= 11 is 3.22. The largest absolute Gasteiger partial charge is 0.436 e. The van der Waals surface area contributed by atoms with Gasteiger partial charge >= 0.3 is 0 Å². The summed E-state index contributed by atoms with van der Waals surface area (Å²) in [5.74, 6) is 1.97.